The molecule has 3 heterocycles. The summed E-state index contributed by atoms with van der Waals surface area (Å²) < 4.78 is 40.0. The molecule has 0 saturated carbocycles. The minimum atomic E-state index is -4.47. The van der Waals surface area contributed by atoms with Gasteiger partial charge in [-0.05, 0) is 43.3 Å². The molecule has 0 bridgehead atoms. The van der Waals surface area contributed by atoms with E-state index in [9.17, 15) is 22.8 Å². The van der Waals surface area contributed by atoms with E-state index in [1.807, 2.05) is 0 Å². The second-order valence-electron chi connectivity index (χ2n) is 6.83. The van der Waals surface area contributed by atoms with Crippen LogP contribution >= 0.6 is 0 Å². The Morgan fingerprint density at radius 3 is 2.53 bits per heavy atom. The first kappa shape index (κ1) is 19.6. The summed E-state index contributed by atoms with van der Waals surface area (Å²) in [5.41, 5.74) is -0.358. The maximum Gasteiger partial charge on any atom is 0.416 e. The summed E-state index contributed by atoms with van der Waals surface area (Å²) in [5, 5.41) is 6.77. The van der Waals surface area contributed by atoms with Crippen molar-refractivity contribution in [2.45, 2.75) is 19.1 Å². The molecule has 1 atom stereocenters. The molecule has 0 unspecified atom stereocenters. The van der Waals surface area contributed by atoms with Crippen molar-refractivity contribution in [3.63, 3.8) is 0 Å². The summed E-state index contributed by atoms with van der Waals surface area (Å²) in [6.07, 6.45) is -1.64. The molecule has 3 aromatic rings. The van der Waals surface area contributed by atoms with E-state index in [0.717, 1.165) is 12.1 Å². The number of benzene rings is 1. The van der Waals surface area contributed by atoms with Crippen molar-refractivity contribution in [2.24, 2.45) is 0 Å². The van der Waals surface area contributed by atoms with Gasteiger partial charge in [-0.1, -0.05) is 6.07 Å². The molecule has 2 aromatic heterocycles. The Morgan fingerprint density at radius 1 is 1.17 bits per heavy atom. The van der Waals surface area contributed by atoms with Crippen LogP contribution in [0.2, 0.25) is 0 Å². The Balaban J connectivity index is 1.65. The van der Waals surface area contributed by atoms with Crippen molar-refractivity contribution in [1.29, 1.82) is 0 Å². The number of nitrogens with one attached hydrogen (secondary N) is 1. The van der Waals surface area contributed by atoms with E-state index in [2.05, 4.69) is 15.4 Å². The Hall–Kier alpha value is -3.69. The van der Waals surface area contributed by atoms with Crippen molar-refractivity contribution in [1.82, 2.24) is 14.8 Å². The van der Waals surface area contributed by atoms with E-state index >= 15 is 0 Å². The van der Waals surface area contributed by atoms with E-state index in [-0.39, 0.29) is 23.8 Å². The highest BCUT2D eigenvalue weighted by molar-refractivity contribution is 6.15. The maximum absolute atomic E-state index is 13.1. The van der Waals surface area contributed by atoms with Crippen molar-refractivity contribution in [3.8, 4) is 0 Å². The lowest BCUT2D eigenvalue weighted by molar-refractivity contribution is -0.137. The van der Waals surface area contributed by atoms with Crippen LogP contribution in [0.25, 0.3) is 0 Å². The number of carbonyl (C=O) groups excluding carboxylic acids is 2. The molecule has 154 valence electrons. The Morgan fingerprint density at radius 2 is 1.90 bits per heavy atom. The zero-order chi connectivity index (χ0) is 21.5. The van der Waals surface area contributed by atoms with E-state index in [4.69, 9.17) is 0 Å². The van der Waals surface area contributed by atoms with Crippen molar-refractivity contribution in [3.05, 3.63) is 71.7 Å². The van der Waals surface area contributed by atoms with Crippen LogP contribution in [0.5, 0.6) is 0 Å². The first-order valence-electron chi connectivity index (χ1n) is 9.04. The number of rotatable bonds is 3. The minimum Gasteiger partial charge on any atom is -0.306 e. The van der Waals surface area contributed by atoms with Gasteiger partial charge in [0.15, 0.2) is 0 Å². The summed E-state index contributed by atoms with van der Waals surface area (Å²) in [6.45, 7) is 2.01. The molecule has 0 aliphatic carbocycles. The summed E-state index contributed by atoms with van der Waals surface area (Å²) in [4.78, 5) is 31.2. The van der Waals surface area contributed by atoms with E-state index in [0.29, 0.717) is 11.5 Å². The van der Waals surface area contributed by atoms with Crippen LogP contribution in [0.3, 0.4) is 0 Å². The van der Waals surface area contributed by atoms with Crippen LogP contribution < -0.4 is 10.2 Å². The average molecular weight is 415 g/mol. The zero-order valence-corrected chi connectivity index (χ0v) is 15.7. The fourth-order valence-corrected chi connectivity index (χ4v) is 3.30. The number of halogens is 3. The van der Waals surface area contributed by atoms with Gasteiger partial charge >= 0.3 is 6.18 Å². The number of pyridine rings is 1. The van der Waals surface area contributed by atoms with Gasteiger partial charge in [0, 0.05) is 18.4 Å². The van der Waals surface area contributed by atoms with Gasteiger partial charge in [-0.3, -0.25) is 14.3 Å². The molecule has 4 rings (SSSR count). The number of aromatic nitrogens is 3. The van der Waals surface area contributed by atoms with Gasteiger partial charge in [0.2, 0.25) is 0 Å². The number of fused-ring (bicyclic) bond motifs is 1. The van der Waals surface area contributed by atoms with Gasteiger partial charge < -0.3 is 10.2 Å². The van der Waals surface area contributed by atoms with Gasteiger partial charge in [0.25, 0.3) is 11.8 Å². The molecule has 1 aliphatic rings. The maximum atomic E-state index is 13.1. The molecule has 7 nitrogen and oxygen atoms in total. The fourth-order valence-electron chi connectivity index (χ4n) is 3.30. The van der Waals surface area contributed by atoms with E-state index in [1.165, 1.54) is 34.1 Å². The molecule has 30 heavy (non-hydrogen) atoms. The summed E-state index contributed by atoms with van der Waals surface area (Å²) >= 11 is 0. The highest BCUT2D eigenvalue weighted by Gasteiger charge is 2.36. The highest BCUT2D eigenvalue weighted by Crippen LogP contribution is 2.32. The highest BCUT2D eigenvalue weighted by atomic mass is 19.4. The zero-order valence-electron chi connectivity index (χ0n) is 15.7. The number of hydrogen-bond donors (Lipinski definition) is 1. The molecule has 1 N–H and O–H groups in total. The van der Waals surface area contributed by atoms with Gasteiger partial charge in [0.05, 0.1) is 23.4 Å². The molecular formula is C20H16F3N5O2. The molecule has 0 radical (unpaired) electrons. The van der Waals surface area contributed by atoms with Crippen molar-refractivity contribution in [2.75, 3.05) is 16.8 Å². The SMILES string of the molecule is C[C@H]1CN(c2ccc(C(F)(F)F)cc2)C(=O)c2c(C(=O)Nc3ccccn3)cnn21. The largest absolute Gasteiger partial charge is 0.416 e. The first-order valence-corrected chi connectivity index (χ1v) is 9.04. The van der Waals surface area contributed by atoms with Crippen LogP contribution in [-0.2, 0) is 6.18 Å². The average Bonchev–Trinajstić information content (AvgIpc) is 3.17. The molecule has 0 saturated heterocycles. The molecule has 0 spiro atoms. The van der Waals surface area contributed by atoms with Crippen molar-refractivity contribution >= 4 is 23.3 Å². The van der Waals surface area contributed by atoms with Gasteiger partial charge in [0.1, 0.15) is 11.5 Å². The third-order valence-electron chi connectivity index (χ3n) is 4.76. The van der Waals surface area contributed by atoms with Gasteiger partial charge in [-0.15, -0.1) is 0 Å². The predicted octanol–water partition coefficient (Wildman–Crippen LogP) is 3.77. The number of anilines is 2. The third kappa shape index (κ3) is 3.51. The van der Waals surface area contributed by atoms with E-state index < -0.39 is 23.6 Å². The lowest BCUT2D eigenvalue weighted by Crippen LogP contribution is -2.43. The minimum absolute atomic E-state index is 0.0640. The van der Waals surface area contributed by atoms with Gasteiger partial charge in [-0.25, -0.2) is 4.98 Å². The van der Waals surface area contributed by atoms with Crippen LogP contribution in [-0.4, -0.2) is 33.1 Å². The predicted molar refractivity (Wildman–Crippen MR) is 102 cm³/mol. The van der Waals surface area contributed by atoms with Crippen LogP contribution in [0.4, 0.5) is 24.7 Å². The first-order chi connectivity index (χ1) is 14.3. The summed E-state index contributed by atoms with van der Waals surface area (Å²) in [7, 11) is 0. The molecule has 0 fully saturated rings. The normalized spacial score (nSPS) is 16.3. The lowest BCUT2D eigenvalue weighted by atomic mass is 10.1. The molecular weight excluding hydrogens is 399 g/mol. The molecule has 1 aromatic carbocycles. The summed E-state index contributed by atoms with van der Waals surface area (Å²) in [6, 6.07) is 9.06. The monoisotopic (exact) mass is 415 g/mol. The van der Waals surface area contributed by atoms with Crippen LogP contribution in [0, 0.1) is 0 Å². The van der Waals surface area contributed by atoms with Gasteiger partial charge in [-0.2, -0.15) is 18.3 Å². The topological polar surface area (TPSA) is 80.1 Å². The Bertz CT molecular complexity index is 1090. The third-order valence-corrected chi connectivity index (χ3v) is 4.76. The van der Waals surface area contributed by atoms with E-state index in [1.54, 1.807) is 25.1 Å². The smallest absolute Gasteiger partial charge is 0.306 e. The second kappa shape index (κ2) is 7.29. The fraction of sp³-hybridized carbons (Fsp3) is 0.200. The van der Waals surface area contributed by atoms with Crippen LogP contribution in [0.15, 0.2) is 54.9 Å². The quantitative estimate of drug-likeness (QED) is 0.706. The Kier molecular flexibility index (Phi) is 4.76. The molecule has 10 heteroatoms. The van der Waals surface area contributed by atoms with Crippen molar-refractivity contribution < 1.29 is 22.8 Å². The number of amides is 2. The number of hydrogen-bond acceptors (Lipinski definition) is 4. The lowest BCUT2D eigenvalue weighted by Gasteiger charge is -2.32. The second-order valence-corrected chi connectivity index (χ2v) is 6.83. The summed E-state index contributed by atoms with van der Waals surface area (Å²) in [5.74, 6) is -0.750. The Labute approximate surface area is 169 Å². The number of alkyl halides is 3. The molecule has 1 aliphatic heterocycles. The van der Waals surface area contributed by atoms with Crippen LogP contribution in [0.1, 0.15) is 39.4 Å². The standard InChI is InChI=1S/C20H16F3N5O2/c1-12-11-27(14-7-5-13(6-8-14)20(21,22)23)19(30)17-15(10-25-28(12)17)18(29)26-16-4-2-3-9-24-16/h2-10,12H,11H2,1H3,(H,24,26,29)/t12-/m0/s1. The number of nitrogens with zero attached hydrogens (tertiary/aromatic N) is 4. The number of carbonyl (C=O) groups is 2. The molecule has 2 amide bonds.